The summed E-state index contributed by atoms with van der Waals surface area (Å²) in [6, 6.07) is 9.04. The number of nitrogens with zero attached hydrogens (tertiary/aromatic N) is 7. The first-order valence-electron chi connectivity index (χ1n) is 10.4. The molecule has 13 nitrogen and oxygen atoms in total. The molecule has 188 valence electrons. The summed E-state index contributed by atoms with van der Waals surface area (Å²) in [5.41, 5.74) is 6.23. The minimum atomic E-state index is -4.33. The fraction of sp³-hybridized carbons (Fsp3) is 0.190. The van der Waals surface area contributed by atoms with Crippen molar-refractivity contribution in [1.82, 2.24) is 9.97 Å². The van der Waals surface area contributed by atoms with Gasteiger partial charge in [-0.05, 0) is 56.3 Å². The molecule has 36 heavy (non-hydrogen) atoms. The summed E-state index contributed by atoms with van der Waals surface area (Å²) in [6.07, 6.45) is 0. The van der Waals surface area contributed by atoms with Gasteiger partial charge in [0.15, 0.2) is 16.7 Å². The molecular formula is C21H21ClN8O5S. The van der Waals surface area contributed by atoms with Crippen molar-refractivity contribution < 1.29 is 22.9 Å². The monoisotopic (exact) mass is 532 g/mol. The molecule has 0 bridgehead atoms. The first kappa shape index (κ1) is 26.6. The zero-order chi connectivity index (χ0) is 26.5. The molecule has 4 N–H and O–H groups in total. The maximum absolute atomic E-state index is 11.8. The lowest BCUT2D eigenvalue weighted by atomic mass is 10.1. The van der Waals surface area contributed by atoms with Crippen LogP contribution < -0.4 is 10.6 Å². The second-order valence-corrected chi connectivity index (χ2v) is 8.88. The van der Waals surface area contributed by atoms with Crippen LogP contribution in [0.3, 0.4) is 0 Å². The zero-order valence-corrected chi connectivity index (χ0v) is 20.6. The molecule has 0 unspecified atom stereocenters. The number of carboxylic acids is 1. The number of hydrogen-bond donors (Lipinski definition) is 3. The maximum Gasteiger partial charge on any atom is 0.338 e. The van der Waals surface area contributed by atoms with Gasteiger partial charge in [0, 0.05) is 13.1 Å². The molecule has 0 aliphatic rings. The average molecular weight is 533 g/mol. The summed E-state index contributed by atoms with van der Waals surface area (Å²) in [6.45, 7) is 5.16. The topological polar surface area (TPSA) is 196 Å². The Morgan fingerprint density at radius 3 is 2.17 bits per heavy atom. The van der Waals surface area contributed by atoms with Crippen LogP contribution in [0.15, 0.2) is 67.8 Å². The van der Waals surface area contributed by atoms with Gasteiger partial charge in [0.05, 0.1) is 21.8 Å². The number of anilines is 2. The molecule has 3 rings (SSSR count). The second-order valence-electron chi connectivity index (χ2n) is 7.10. The number of aromatic carboxylic acids is 1. The number of benzene rings is 2. The maximum atomic E-state index is 11.8. The van der Waals surface area contributed by atoms with Crippen LogP contribution in [0.5, 0.6) is 0 Å². The third-order valence-electron chi connectivity index (χ3n) is 4.79. The third kappa shape index (κ3) is 6.35. The predicted octanol–water partition coefficient (Wildman–Crippen LogP) is 5.33. The molecule has 0 fully saturated rings. The predicted molar refractivity (Wildman–Crippen MR) is 133 cm³/mol. The molecular weight excluding hydrogens is 512 g/mol. The van der Waals surface area contributed by atoms with Crippen LogP contribution in [0.4, 0.5) is 34.5 Å². The molecule has 3 aromatic rings. The van der Waals surface area contributed by atoms with Crippen molar-refractivity contribution in [3.63, 3.8) is 0 Å². The van der Waals surface area contributed by atoms with Crippen molar-refractivity contribution in [2.45, 2.75) is 18.7 Å². The van der Waals surface area contributed by atoms with Crippen LogP contribution in [-0.4, -0.2) is 47.1 Å². The van der Waals surface area contributed by atoms with Crippen LogP contribution in [0.25, 0.3) is 0 Å². The summed E-state index contributed by atoms with van der Waals surface area (Å²) < 4.78 is 31.2. The highest BCUT2D eigenvalue weighted by molar-refractivity contribution is 7.85. The number of carboxylic acid groups (broad SMARTS) is 1. The number of nitrogens with two attached hydrogens (primary N) is 1. The van der Waals surface area contributed by atoms with E-state index in [4.69, 9.17) is 21.9 Å². The van der Waals surface area contributed by atoms with Gasteiger partial charge in [-0.1, -0.05) is 11.6 Å². The van der Waals surface area contributed by atoms with E-state index < -0.39 is 16.1 Å². The number of nitrogen functional groups attached to an aromatic ring is 1. The van der Waals surface area contributed by atoms with E-state index in [0.29, 0.717) is 19.0 Å². The van der Waals surface area contributed by atoms with E-state index >= 15 is 0 Å². The van der Waals surface area contributed by atoms with Crippen molar-refractivity contribution in [3.8, 4) is 0 Å². The summed E-state index contributed by atoms with van der Waals surface area (Å²) in [5, 5.41) is 25.4. The number of aromatic nitrogens is 2. The highest BCUT2D eigenvalue weighted by Crippen LogP contribution is 2.33. The van der Waals surface area contributed by atoms with Gasteiger partial charge in [-0.25, -0.2) is 4.79 Å². The van der Waals surface area contributed by atoms with Gasteiger partial charge in [0.1, 0.15) is 5.69 Å². The van der Waals surface area contributed by atoms with Gasteiger partial charge in [0.2, 0.25) is 5.95 Å². The number of halogens is 1. The van der Waals surface area contributed by atoms with Gasteiger partial charge >= 0.3 is 5.97 Å². The van der Waals surface area contributed by atoms with Gasteiger partial charge in [-0.15, -0.1) is 10.2 Å². The van der Waals surface area contributed by atoms with Gasteiger partial charge < -0.3 is 15.7 Å². The van der Waals surface area contributed by atoms with Crippen LogP contribution in [0, 0.1) is 0 Å². The molecule has 0 saturated carbocycles. The lowest BCUT2D eigenvalue weighted by Gasteiger charge is -2.19. The Hall–Kier alpha value is -4.01. The van der Waals surface area contributed by atoms with Gasteiger partial charge in [0.25, 0.3) is 10.1 Å². The fourth-order valence-electron chi connectivity index (χ4n) is 2.92. The number of azo groups is 2. The van der Waals surface area contributed by atoms with Crippen LogP contribution in [0.2, 0.25) is 5.15 Å². The Morgan fingerprint density at radius 1 is 1.00 bits per heavy atom. The minimum absolute atomic E-state index is 0.000941. The Bertz CT molecular complexity index is 1420. The molecule has 0 amide bonds. The molecule has 0 aliphatic carbocycles. The van der Waals surface area contributed by atoms with Crippen LogP contribution >= 0.6 is 11.6 Å². The fourth-order valence-corrected chi connectivity index (χ4v) is 3.61. The van der Waals surface area contributed by atoms with E-state index in [2.05, 4.69) is 30.4 Å². The van der Waals surface area contributed by atoms with Crippen molar-refractivity contribution in [2.24, 2.45) is 20.5 Å². The number of carbonyl (C=O) groups is 1. The molecule has 0 saturated heterocycles. The quantitative estimate of drug-likeness (QED) is 0.185. The van der Waals surface area contributed by atoms with E-state index in [1.165, 1.54) is 30.3 Å². The van der Waals surface area contributed by atoms with E-state index in [-0.39, 0.29) is 44.2 Å². The van der Waals surface area contributed by atoms with Crippen molar-refractivity contribution in [3.05, 3.63) is 53.2 Å². The Morgan fingerprint density at radius 2 is 1.61 bits per heavy atom. The minimum Gasteiger partial charge on any atom is -0.478 e. The molecule has 0 radical (unpaired) electrons. The SMILES string of the molecule is CCN(CC)c1nc(N)c(N=Nc2ccc(N=Nc3ccc(S(=O)(=O)O)cc3)cc2C(=O)O)c(Cl)n1. The van der Waals surface area contributed by atoms with Crippen molar-refractivity contribution in [2.75, 3.05) is 23.7 Å². The zero-order valence-electron chi connectivity index (χ0n) is 19.1. The van der Waals surface area contributed by atoms with E-state index in [0.717, 1.165) is 12.1 Å². The summed E-state index contributed by atoms with van der Waals surface area (Å²) in [5.74, 6) is -0.955. The highest BCUT2D eigenvalue weighted by Gasteiger charge is 2.16. The van der Waals surface area contributed by atoms with Crippen LogP contribution in [0.1, 0.15) is 24.2 Å². The first-order valence-corrected chi connectivity index (χ1v) is 12.2. The number of hydrogen-bond acceptors (Lipinski definition) is 11. The summed E-state index contributed by atoms with van der Waals surface area (Å²) in [4.78, 5) is 21.7. The van der Waals surface area contributed by atoms with Gasteiger partial charge in [-0.2, -0.15) is 28.6 Å². The third-order valence-corrected chi connectivity index (χ3v) is 5.92. The summed E-state index contributed by atoms with van der Waals surface area (Å²) in [7, 11) is -4.33. The lowest BCUT2D eigenvalue weighted by Crippen LogP contribution is -2.24. The highest BCUT2D eigenvalue weighted by atomic mass is 35.5. The Kier molecular flexibility index (Phi) is 8.24. The Balaban J connectivity index is 1.87. The largest absolute Gasteiger partial charge is 0.478 e. The molecule has 1 heterocycles. The lowest BCUT2D eigenvalue weighted by molar-refractivity contribution is 0.0697. The molecule has 0 atom stereocenters. The molecule has 0 aliphatic heterocycles. The molecule has 15 heteroatoms. The first-order chi connectivity index (χ1) is 17.0. The number of rotatable bonds is 9. The smallest absolute Gasteiger partial charge is 0.338 e. The second kappa shape index (κ2) is 11.2. The summed E-state index contributed by atoms with van der Waals surface area (Å²) >= 11 is 6.22. The average Bonchev–Trinajstić information content (AvgIpc) is 2.83. The molecule has 2 aromatic carbocycles. The molecule has 0 spiro atoms. The Labute approximate surface area is 211 Å². The van der Waals surface area contributed by atoms with Gasteiger partial charge in [-0.3, -0.25) is 4.55 Å². The molecule has 1 aromatic heterocycles. The van der Waals surface area contributed by atoms with Crippen molar-refractivity contribution >= 4 is 62.2 Å². The van der Waals surface area contributed by atoms with E-state index in [1.54, 1.807) is 0 Å². The normalized spacial score (nSPS) is 11.9. The standard InChI is InChI=1S/C21H21ClN8O5S/c1-3-30(4-2)21-24-18(22)17(19(23)25-21)29-28-16-10-7-13(11-15(16)20(31)32)27-26-12-5-8-14(9-6-12)36(33,34)35/h5-11H,3-4H2,1-2H3,(H,31,32)(H2,23,24,25)(H,33,34,35). The van der Waals surface area contributed by atoms with Crippen LogP contribution in [-0.2, 0) is 10.1 Å². The van der Waals surface area contributed by atoms with E-state index in [9.17, 15) is 18.3 Å². The van der Waals surface area contributed by atoms with E-state index in [1.807, 2.05) is 18.7 Å². The van der Waals surface area contributed by atoms with Crippen molar-refractivity contribution in [1.29, 1.82) is 0 Å².